The molecular weight excluding hydrogens is 308 g/mol. The molecule has 0 atom stereocenters. The van der Waals surface area contributed by atoms with Crippen LogP contribution < -0.4 is 0 Å². The Morgan fingerprint density at radius 2 is 1.91 bits per heavy atom. The third-order valence-corrected chi connectivity index (χ3v) is 4.45. The van der Waals surface area contributed by atoms with E-state index in [4.69, 9.17) is 4.42 Å². The maximum atomic E-state index is 12.5. The van der Waals surface area contributed by atoms with Crippen LogP contribution in [0.25, 0.3) is 10.6 Å². The fraction of sp³-hybridized carbons (Fsp3) is 0.222. The molecule has 1 amide bonds. The van der Waals surface area contributed by atoms with Crippen molar-refractivity contribution in [2.24, 2.45) is 0 Å². The van der Waals surface area contributed by atoms with Crippen LogP contribution >= 0.6 is 11.3 Å². The van der Waals surface area contributed by atoms with Crippen molar-refractivity contribution >= 4 is 17.2 Å². The van der Waals surface area contributed by atoms with Crippen LogP contribution in [0, 0.1) is 13.8 Å². The van der Waals surface area contributed by atoms with Crippen molar-refractivity contribution in [3.63, 3.8) is 0 Å². The van der Waals surface area contributed by atoms with Gasteiger partial charge in [-0.1, -0.05) is 29.8 Å². The van der Waals surface area contributed by atoms with E-state index < -0.39 is 0 Å². The Morgan fingerprint density at radius 3 is 2.57 bits per heavy atom. The molecule has 0 radical (unpaired) electrons. The second-order valence-electron chi connectivity index (χ2n) is 5.58. The number of rotatable bonds is 4. The number of benzene rings is 1. The maximum absolute atomic E-state index is 12.5. The molecule has 23 heavy (non-hydrogen) atoms. The number of amides is 1. The number of furan rings is 1. The molecule has 3 rings (SSSR count). The lowest BCUT2D eigenvalue weighted by Gasteiger charge is -2.14. The summed E-state index contributed by atoms with van der Waals surface area (Å²) in [5.41, 5.74) is 2.70. The molecule has 0 fully saturated rings. The molecule has 0 N–H and O–H groups in total. The largest absolute Gasteiger partial charge is 0.464 e. The number of aryl methyl sites for hydroxylation is 2. The first-order chi connectivity index (χ1) is 11.0. The molecule has 5 heteroatoms. The Hall–Kier alpha value is -2.40. The monoisotopic (exact) mass is 326 g/mol. The van der Waals surface area contributed by atoms with Crippen molar-refractivity contribution in [3.05, 3.63) is 64.6 Å². The number of hydrogen-bond donors (Lipinski definition) is 0. The highest BCUT2D eigenvalue weighted by Gasteiger charge is 2.17. The summed E-state index contributed by atoms with van der Waals surface area (Å²) in [6.07, 6.45) is 0. The molecule has 3 aromatic rings. The van der Waals surface area contributed by atoms with Gasteiger partial charge in [-0.25, -0.2) is 4.98 Å². The van der Waals surface area contributed by atoms with Gasteiger partial charge in [0.05, 0.1) is 6.54 Å². The van der Waals surface area contributed by atoms with Crippen LogP contribution in [0.3, 0.4) is 0 Å². The zero-order valence-corrected chi connectivity index (χ0v) is 14.2. The molecule has 0 saturated heterocycles. The van der Waals surface area contributed by atoms with Gasteiger partial charge in [-0.15, -0.1) is 11.3 Å². The molecular formula is C18H18N2O2S. The van der Waals surface area contributed by atoms with Gasteiger partial charge >= 0.3 is 0 Å². The highest BCUT2D eigenvalue weighted by Crippen LogP contribution is 2.24. The van der Waals surface area contributed by atoms with E-state index in [0.29, 0.717) is 12.2 Å². The van der Waals surface area contributed by atoms with Crippen LogP contribution in [0.4, 0.5) is 0 Å². The Kier molecular flexibility index (Phi) is 4.30. The number of aromatic nitrogens is 1. The van der Waals surface area contributed by atoms with Crippen LogP contribution in [0.15, 0.2) is 46.2 Å². The van der Waals surface area contributed by atoms with Gasteiger partial charge in [0.25, 0.3) is 5.91 Å². The maximum Gasteiger partial charge on any atom is 0.273 e. The van der Waals surface area contributed by atoms with Crippen molar-refractivity contribution in [1.29, 1.82) is 0 Å². The number of hydrogen-bond acceptors (Lipinski definition) is 4. The molecule has 0 spiro atoms. The second-order valence-corrected chi connectivity index (χ2v) is 6.44. The fourth-order valence-electron chi connectivity index (χ4n) is 2.27. The van der Waals surface area contributed by atoms with Crippen LogP contribution in [-0.4, -0.2) is 22.8 Å². The molecule has 0 saturated carbocycles. The highest BCUT2D eigenvalue weighted by molar-refractivity contribution is 7.13. The molecule has 2 heterocycles. The molecule has 4 nitrogen and oxygen atoms in total. The summed E-state index contributed by atoms with van der Waals surface area (Å²) in [7, 11) is 1.76. The van der Waals surface area contributed by atoms with Crippen LogP contribution in [0.5, 0.6) is 0 Å². The van der Waals surface area contributed by atoms with Crippen LogP contribution in [0.2, 0.25) is 0 Å². The van der Waals surface area contributed by atoms with Gasteiger partial charge in [-0.2, -0.15) is 0 Å². The Balaban J connectivity index is 1.74. The van der Waals surface area contributed by atoms with Gasteiger partial charge < -0.3 is 9.32 Å². The van der Waals surface area contributed by atoms with E-state index in [1.165, 1.54) is 16.9 Å². The first-order valence-corrected chi connectivity index (χ1v) is 8.24. The fourth-order valence-corrected chi connectivity index (χ4v) is 3.07. The molecule has 1 aromatic carbocycles. The predicted molar refractivity (Wildman–Crippen MR) is 91.5 cm³/mol. The second kappa shape index (κ2) is 6.38. The Labute approximate surface area is 139 Å². The summed E-state index contributed by atoms with van der Waals surface area (Å²) in [5.74, 6) is 1.51. The lowest BCUT2D eigenvalue weighted by Crippen LogP contribution is -2.26. The summed E-state index contributed by atoms with van der Waals surface area (Å²) >= 11 is 1.48. The number of thiazole rings is 1. The van der Waals surface area contributed by atoms with Gasteiger partial charge in [0.2, 0.25) is 0 Å². The topological polar surface area (TPSA) is 46.3 Å². The third-order valence-electron chi connectivity index (χ3n) is 3.56. The van der Waals surface area contributed by atoms with E-state index in [1.807, 2.05) is 50.2 Å². The van der Waals surface area contributed by atoms with Crippen molar-refractivity contribution < 1.29 is 9.21 Å². The van der Waals surface area contributed by atoms with Crippen molar-refractivity contribution in [1.82, 2.24) is 9.88 Å². The van der Waals surface area contributed by atoms with Crippen LogP contribution in [-0.2, 0) is 6.54 Å². The number of nitrogens with zero attached hydrogens (tertiary/aromatic N) is 2. The first-order valence-electron chi connectivity index (χ1n) is 7.36. The van der Waals surface area contributed by atoms with Gasteiger partial charge in [0.15, 0.2) is 0 Å². The normalized spacial score (nSPS) is 10.7. The van der Waals surface area contributed by atoms with E-state index in [1.54, 1.807) is 17.3 Å². The first kappa shape index (κ1) is 15.5. The molecule has 0 aliphatic carbocycles. The summed E-state index contributed by atoms with van der Waals surface area (Å²) in [4.78, 5) is 18.6. The quantitative estimate of drug-likeness (QED) is 0.718. The Morgan fingerprint density at radius 1 is 1.17 bits per heavy atom. The van der Waals surface area contributed by atoms with E-state index in [2.05, 4.69) is 4.98 Å². The standard InChI is InChI=1S/C18H18N2O2S/c1-12-4-7-14(8-5-12)17-19-16(11-23-17)18(21)20(3)10-15-9-6-13(2)22-15/h4-9,11H,10H2,1-3H3. The van der Waals surface area contributed by atoms with Gasteiger partial charge in [0.1, 0.15) is 22.2 Å². The highest BCUT2D eigenvalue weighted by atomic mass is 32.1. The van der Waals surface area contributed by atoms with Crippen molar-refractivity contribution in [2.45, 2.75) is 20.4 Å². The van der Waals surface area contributed by atoms with Gasteiger partial charge in [0, 0.05) is 18.0 Å². The molecule has 2 aromatic heterocycles. The minimum absolute atomic E-state index is 0.103. The van der Waals surface area contributed by atoms with E-state index in [-0.39, 0.29) is 5.91 Å². The number of carbonyl (C=O) groups is 1. The lowest BCUT2D eigenvalue weighted by molar-refractivity contribution is 0.0770. The Bertz CT molecular complexity index is 818. The summed E-state index contributed by atoms with van der Waals surface area (Å²) < 4.78 is 5.51. The zero-order valence-electron chi connectivity index (χ0n) is 13.4. The summed E-state index contributed by atoms with van der Waals surface area (Å²) in [5, 5.41) is 2.66. The SMILES string of the molecule is Cc1ccc(-c2nc(C(=O)N(C)Cc3ccc(C)o3)cs2)cc1. The van der Waals surface area contributed by atoms with Crippen LogP contribution in [0.1, 0.15) is 27.6 Å². The van der Waals surface area contributed by atoms with E-state index >= 15 is 0 Å². The van der Waals surface area contributed by atoms with Crippen molar-refractivity contribution in [3.8, 4) is 10.6 Å². The third kappa shape index (κ3) is 3.51. The molecule has 0 unspecified atom stereocenters. The smallest absolute Gasteiger partial charge is 0.273 e. The van der Waals surface area contributed by atoms with Crippen molar-refractivity contribution in [2.75, 3.05) is 7.05 Å². The minimum atomic E-state index is -0.103. The van der Waals surface area contributed by atoms with E-state index in [9.17, 15) is 4.79 Å². The summed E-state index contributed by atoms with van der Waals surface area (Å²) in [6, 6.07) is 11.9. The lowest BCUT2D eigenvalue weighted by atomic mass is 10.2. The van der Waals surface area contributed by atoms with E-state index in [0.717, 1.165) is 22.1 Å². The molecule has 0 aliphatic rings. The summed E-state index contributed by atoms with van der Waals surface area (Å²) in [6.45, 7) is 4.37. The zero-order chi connectivity index (χ0) is 16.4. The average Bonchev–Trinajstić information content (AvgIpc) is 3.16. The number of carbonyl (C=O) groups excluding carboxylic acids is 1. The molecule has 118 valence electrons. The molecule has 0 aliphatic heterocycles. The predicted octanol–water partition coefficient (Wildman–Crippen LogP) is 4.29. The minimum Gasteiger partial charge on any atom is -0.464 e. The average molecular weight is 326 g/mol. The van der Waals surface area contributed by atoms with Gasteiger partial charge in [-0.05, 0) is 26.0 Å². The van der Waals surface area contributed by atoms with Gasteiger partial charge in [-0.3, -0.25) is 4.79 Å². The molecule has 0 bridgehead atoms.